The average molecular weight is 262 g/mol. The first-order chi connectivity index (χ1) is 9.05. The van der Waals surface area contributed by atoms with Crippen LogP contribution >= 0.6 is 0 Å². The molecule has 5 heteroatoms. The summed E-state index contributed by atoms with van der Waals surface area (Å²) in [6.45, 7) is 6.91. The molecule has 0 amide bonds. The number of aryl methyl sites for hydroxylation is 4. The summed E-state index contributed by atoms with van der Waals surface area (Å²) in [6.07, 6.45) is 2.85. The molecule has 1 atom stereocenters. The third kappa shape index (κ3) is 2.87. The van der Waals surface area contributed by atoms with E-state index in [9.17, 15) is 5.11 Å². The highest BCUT2D eigenvalue weighted by molar-refractivity contribution is 5.21. The number of hydrogen-bond acceptors (Lipinski definition) is 3. The minimum atomic E-state index is -0.527. The summed E-state index contributed by atoms with van der Waals surface area (Å²) in [7, 11) is 1.87. The number of aromatic nitrogens is 4. The number of rotatable bonds is 5. The first-order valence-electron chi connectivity index (χ1n) is 6.78. The van der Waals surface area contributed by atoms with Crippen molar-refractivity contribution in [1.29, 1.82) is 0 Å². The summed E-state index contributed by atoms with van der Waals surface area (Å²) in [5, 5.41) is 19.2. The van der Waals surface area contributed by atoms with E-state index in [0.717, 1.165) is 35.6 Å². The SMILES string of the molecule is CCc1cc(CC(O)c2cn(C)nc2C)n(CC)n1. The zero-order valence-corrected chi connectivity index (χ0v) is 12.1. The normalized spacial score (nSPS) is 12.9. The smallest absolute Gasteiger partial charge is 0.0878 e. The Morgan fingerprint density at radius 1 is 1.32 bits per heavy atom. The quantitative estimate of drug-likeness (QED) is 0.893. The molecule has 0 aliphatic heterocycles. The molecule has 0 radical (unpaired) electrons. The maximum atomic E-state index is 10.4. The van der Waals surface area contributed by atoms with Crippen LogP contribution in [-0.4, -0.2) is 24.7 Å². The van der Waals surface area contributed by atoms with Crippen LogP contribution in [0.1, 0.15) is 42.6 Å². The van der Waals surface area contributed by atoms with Gasteiger partial charge in [-0.2, -0.15) is 10.2 Å². The minimum absolute atomic E-state index is 0.527. The second kappa shape index (κ2) is 5.57. The molecule has 0 saturated heterocycles. The minimum Gasteiger partial charge on any atom is -0.388 e. The fourth-order valence-electron chi connectivity index (χ4n) is 2.38. The Morgan fingerprint density at radius 3 is 2.58 bits per heavy atom. The van der Waals surface area contributed by atoms with Crippen LogP contribution in [0.5, 0.6) is 0 Å². The van der Waals surface area contributed by atoms with Gasteiger partial charge in [0.1, 0.15) is 0 Å². The molecule has 1 N–H and O–H groups in total. The van der Waals surface area contributed by atoms with Gasteiger partial charge in [0, 0.05) is 37.5 Å². The molecule has 0 fully saturated rings. The van der Waals surface area contributed by atoms with Gasteiger partial charge in [-0.1, -0.05) is 6.92 Å². The van der Waals surface area contributed by atoms with Gasteiger partial charge in [-0.25, -0.2) is 0 Å². The van der Waals surface area contributed by atoms with Gasteiger partial charge in [0.05, 0.1) is 17.5 Å². The van der Waals surface area contributed by atoms with Crippen molar-refractivity contribution in [3.05, 3.63) is 34.9 Å². The van der Waals surface area contributed by atoms with Crippen molar-refractivity contribution in [2.75, 3.05) is 0 Å². The Hall–Kier alpha value is -1.62. The molecule has 0 bridgehead atoms. The topological polar surface area (TPSA) is 55.9 Å². The zero-order chi connectivity index (χ0) is 14.0. The fourth-order valence-corrected chi connectivity index (χ4v) is 2.38. The zero-order valence-electron chi connectivity index (χ0n) is 12.1. The van der Waals surface area contributed by atoms with Gasteiger partial charge in [-0.05, 0) is 26.3 Å². The summed E-state index contributed by atoms with van der Waals surface area (Å²) < 4.78 is 3.70. The third-order valence-corrected chi connectivity index (χ3v) is 3.39. The summed E-state index contributed by atoms with van der Waals surface area (Å²) in [5.74, 6) is 0. The molecule has 0 aliphatic rings. The number of hydrogen-bond donors (Lipinski definition) is 1. The lowest BCUT2D eigenvalue weighted by Gasteiger charge is -2.10. The molecule has 0 aromatic carbocycles. The largest absolute Gasteiger partial charge is 0.388 e. The molecule has 1 unspecified atom stereocenters. The van der Waals surface area contributed by atoms with Crippen molar-refractivity contribution in [1.82, 2.24) is 19.6 Å². The first-order valence-corrected chi connectivity index (χ1v) is 6.78. The van der Waals surface area contributed by atoms with E-state index < -0.39 is 6.10 Å². The molecule has 2 aromatic rings. The average Bonchev–Trinajstić information content (AvgIpc) is 2.92. The Bertz CT molecular complexity index is 556. The van der Waals surface area contributed by atoms with E-state index in [2.05, 4.69) is 30.1 Å². The molecule has 0 aliphatic carbocycles. The van der Waals surface area contributed by atoms with Gasteiger partial charge in [-0.15, -0.1) is 0 Å². The molecule has 2 aromatic heterocycles. The van der Waals surface area contributed by atoms with Crippen LogP contribution in [0.15, 0.2) is 12.3 Å². The standard InChI is InChI=1S/C14H22N4O/c1-5-11-7-12(18(6-2)16-11)8-14(19)13-9-17(4)15-10(13)3/h7,9,14,19H,5-6,8H2,1-4H3. The van der Waals surface area contributed by atoms with Crippen molar-refractivity contribution < 1.29 is 5.11 Å². The van der Waals surface area contributed by atoms with Crippen LogP contribution in [0.25, 0.3) is 0 Å². The monoisotopic (exact) mass is 262 g/mol. The Balaban J connectivity index is 2.20. The van der Waals surface area contributed by atoms with Crippen LogP contribution in [0.3, 0.4) is 0 Å². The predicted octanol–water partition coefficient (Wildman–Crippen LogP) is 1.78. The van der Waals surface area contributed by atoms with E-state index in [0.29, 0.717) is 6.42 Å². The second-order valence-electron chi connectivity index (χ2n) is 4.86. The van der Waals surface area contributed by atoms with E-state index in [4.69, 9.17) is 0 Å². The Labute approximate surface area is 113 Å². The van der Waals surface area contributed by atoms with Crippen molar-refractivity contribution in [2.24, 2.45) is 7.05 Å². The summed E-state index contributed by atoms with van der Waals surface area (Å²) >= 11 is 0. The van der Waals surface area contributed by atoms with Crippen molar-refractivity contribution >= 4 is 0 Å². The maximum absolute atomic E-state index is 10.4. The molecular formula is C14H22N4O. The van der Waals surface area contributed by atoms with Gasteiger partial charge in [0.25, 0.3) is 0 Å². The van der Waals surface area contributed by atoms with Crippen molar-refractivity contribution in [3.63, 3.8) is 0 Å². The lowest BCUT2D eigenvalue weighted by Crippen LogP contribution is -2.08. The molecule has 2 heterocycles. The maximum Gasteiger partial charge on any atom is 0.0878 e. The Morgan fingerprint density at radius 2 is 2.05 bits per heavy atom. The van der Waals surface area contributed by atoms with Gasteiger partial charge in [0.15, 0.2) is 0 Å². The fraction of sp³-hybridized carbons (Fsp3) is 0.571. The first kappa shape index (κ1) is 13.8. The Kier molecular flexibility index (Phi) is 4.04. The molecule has 0 saturated carbocycles. The van der Waals surface area contributed by atoms with Crippen LogP contribution in [0.2, 0.25) is 0 Å². The molecule has 2 rings (SSSR count). The van der Waals surface area contributed by atoms with Gasteiger partial charge < -0.3 is 5.11 Å². The number of aliphatic hydroxyl groups excluding tert-OH is 1. The third-order valence-electron chi connectivity index (χ3n) is 3.39. The van der Waals surface area contributed by atoms with Crippen LogP contribution in [0.4, 0.5) is 0 Å². The summed E-state index contributed by atoms with van der Waals surface area (Å²) in [6, 6.07) is 2.08. The highest BCUT2D eigenvalue weighted by atomic mass is 16.3. The van der Waals surface area contributed by atoms with Crippen LogP contribution in [-0.2, 0) is 26.4 Å². The van der Waals surface area contributed by atoms with E-state index in [1.54, 1.807) is 4.68 Å². The van der Waals surface area contributed by atoms with Crippen molar-refractivity contribution in [3.8, 4) is 0 Å². The van der Waals surface area contributed by atoms with Crippen molar-refractivity contribution in [2.45, 2.75) is 46.3 Å². The number of aliphatic hydroxyl groups is 1. The van der Waals surface area contributed by atoms with Gasteiger partial charge in [-0.3, -0.25) is 9.36 Å². The lowest BCUT2D eigenvalue weighted by atomic mass is 10.1. The van der Waals surface area contributed by atoms with E-state index in [-0.39, 0.29) is 0 Å². The van der Waals surface area contributed by atoms with Gasteiger partial charge >= 0.3 is 0 Å². The lowest BCUT2D eigenvalue weighted by molar-refractivity contribution is 0.174. The van der Waals surface area contributed by atoms with Crippen LogP contribution in [0, 0.1) is 6.92 Å². The highest BCUT2D eigenvalue weighted by Crippen LogP contribution is 2.21. The second-order valence-corrected chi connectivity index (χ2v) is 4.86. The molecule has 0 spiro atoms. The van der Waals surface area contributed by atoms with Gasteiger partial charge in [0.2, 0.25) is 0 Å². The molecule has 5 nitrogen and oxygen atoms in total. The summed E-state index contributed by atoms with van der Waals surface area (Å²) in [5.41, 5.74) is 3.93. The van der Waals surface area contributed by atoms with E-state index in [1.807, 2.05) is 24.9 Å². The predicted molar refractivity (Wildman–Crippen MR) is 73.9 cm³/mol. The molecule has 104 valence electrons. The van der Waals surface area contributed by atoms with Crippen LogP contribution < -0.4 is 0 Å². The highest BCUT2D eigenvalue weighted by Gasteiger charge is 2.17. The summed E-state index contributed by atoms with van der Waals surface area (Å²) in [4.78, 5) is 0. The van der Waals surface area contributed by atoms with E-state index >= 15 is 0 Å². The van der Waals surface area contributed by atoms with E-state index in [1.165, 1.54) is 0 Å². The molecule has 19 heavy (non-hydrogen) atoms. The number of nitrogens with zero attached hydrogens (tertiary/aromatic N) is 4. The molecular weight excluding hydrogens is 240 g/mol.